The zero-order valence-electron chi connectivity index (χ0n) is 14.1. The van der Waals surface area contributed by atoms with Crippen LogP contribution in [0.15, 0.2) is 36.4 Å². The summed E-state index contributed by atoms with van der Waals surface area (Å²) in [4.78, 5) is 11.8. The van der Waals surface area contributed by atoms with Crippen molar-refractivity contribution in [2.24, 2.45) is 12.8 Å². The van der Waals surface area contributed by atoms with Gasteiger partial charge in [-0.05, 0) is 35.4 Å². The maximum Gasteiger partial charge on any atom is 0.435 e. The molecule has 0 bridgehead atoms. The van der Waals surface area contributed by atoms with Crippen LogP contribution in [0.1, 0.15) is 16.1 Å². The van der Waals surface area contributed by atoms with Crippen LogP contribution in [0, 0.1) is 11.6 Å². The van der Waals surface area contributed by atoms with Gasteiger partial charge < -0.3 is 5.73 Å². The summed E-state index contributed by atoms with van der Waals surface area (Å²) in [6, 6.07) is 6.80. The molecule has 10 heteroatoms. The molecule has 0 aliphatic carbocycles. The highest BCUT2D eigenvalue weighted by atomic mass is 35.5. The molecular weight excluding hydrogens is 405 g/mol. The molecular formula is C18H11ClF5N3O. The molecule has 1 amide bonds. The minimum atomic E-state index is -4.97. The first-order valence-electron chi connectivity index (χ1n) is 7.70. The Hall–Kier alpha value is -2.94. The predicted octanol–water partition coefficient (Wildman–Crippen LogP) is 4.80. The Morgan fingerprint density at radius 1 is 1.14 bits per heavy atom. The topological polar surface area (TPSA) is 60.9 Å². The molecule has 2 N–H and O–H groups in total. The van der Waals surface area contributed by atoms with Crippen molar-refractivity contribution in [1.82, 2.24) is 9.78 Å². The maximum absolute atomic E-state index is 14.0. The molecule has 3 aromatic rings. The molecule has 146 valence electrons. The van der Waals surface area contributed by atoms with Gasteiger partial charge in [-0.15, -0.1) is 0 Å². The maximum atomic E-state index is 14.0. The first-order chi connectivity index (χ1) is 13.0. The van der Waals surface area contributed by atoms with E-state index in [4.69, 9.17) is 17.3 Å². The SMILES string of the molecule is Cn1nc(C(F)(F)F)c(C(N)=O)c1-c1c(Cl)cc(F)cc1-c1cccc(F)c1. The molecule has 0 fully saturated rings. The smallest absolute Gasteiger partial charge is 0.365 e. The van der Waals surface area contributed by atoms with E-state index in [0.29, 0.717) is 0 Å². The van der Waals surface area contributed by atoms with E-state index in [2.05, 4.69) is 5.10 Å². The standard InChI is InChI=1S/C18H11ClF5N3O/c1-27-15(14(17(25)28)16(26-27)18(22,23)24)13-11(6-10(21)7-12(13)19)8-3-2-4-9(20)5-8/h2-7H,1H3,(H2,25,28). The van der Waals surface area contributed by atoms with Crippen molar-refractivity contribution in [1.29, 1.82) is 0 Å². The zero-order chi connectivity index (χ0) is 20.8. The molecule has 1 heterocycles. The normalized spacial score (nSPS) is 11.7. The second-order valence-corrected chi connectivity index (χ2v) is 6.29. The molecule has 1 aromatic heterocycles. The Kier molecular flexibility index (Phi) is 4.88. The number of alkyl halides is 3. The van der Waals surface area contributed by atoms with Crippen molar-refractivity contribution in [2.75, 3.05) is 0 Å². The number of rotatable bonds is 3. The fourth-order valence-corrected chi connectivity index (χ4v) is 3.24. The van der Waals surface area contributed by atoms with Crippen LogP contribution in [-0.4, -0.2) is 15.7 Å². The second-order valence-electron chi connectivity index (χ2n) is 5.88. The van der Waals surface area contributed by atoms with E-state index in [0.717, 1.165) is 36.0 Å². The predicted molar refractivity (Wildman–Crippen MR) is 92.5 cm³/mol. The molecule has 0 atom stereocenters. The monoisotopic (exact) mass is 415 g/mol. The van der Waals surface area contributed by atoms with Gasteiger partial charge in [0.15, 0.2) is 5.69 Å². The van der Waals surface area contributed by atoms with E-state index >= 15 is 0 Å². The van der Waals surface area contributed by atoms with Crippen molar-refractivity contribution < 1.29 is 26.7 Å². The van der Waals surface area contributed by atoms with Gasteiger partial charge >= 0.3 is 6.18 Å². The summed E-state index contributed by atoms with van der Waals surface area (Å²) in [5, 5.41) is 3.07. The zero-order valence-corrected chi connectivity index (χ0v) is 14.9. The molecule has 0 spiro atoms. The van der Waals surface area contributed by atoms with Gasteiger partial charge in [-0.1, -0.05) is 23.7 Å². The molecule has 3 rings (SSSR count). The Morgan fingerprint density at radius 3 is 2.39 bits per heavy atom. The average Bonchev–Trinajstić information content (AvgIpc) is 2.92. The van der Waals surface area contributed by atoms with Gasteiger partial charge in [0.25, 0.3) is 5.91 Å². The number of hydrogen-bond acceptors (Lipinski definition) is 2. The number of primary amides is 1. The first kappa shape index (κ1) is 19.8. The quantitative estimate of drug-likeness (QED) is 0.624. The van der Waals surface area contributed by atoms with Gasteiger partial charge in [0, 0.05) is 12.6 Å². The van der Waals surface area contributed by atoms with Crippen molar-refractivity contribution in [2.45, 2.75) is 6.18 Å². The van der Waals surface area contributed by atoms with Crippen LogP contribution >= 0.6 is 11.6 Å². The van der Waals surface area contributed by atoms with E-state index in [9.17, 15) is 26.7 Å². The molecule has 0 unspecified atom stereocenters. The molecule has 0 aliphatic rings. The molecule has 4 nitrogen and oxygen atoms in total. The Bertz CT molecular complexity index is 1090. The fraction of sp³-hybridized carbons (Fsp3) is 0.111. The number of hydrogen-bond donors (Lipinski definition) is 1. The van der Waals surface area contributed by atoms with Crippen LogP contribution in [0.4, 0.5) is 22.0 Å². The van der Waals surface area contributed by atoms with Crippen LogP contribution in [-0.2, 0) is 13.2 Å². The first-order valence-corrected chi connectivity index (χ1v) is 8.08. The van der Waals surface area contributed by atoms with E-state index in [-0.39, 0.29) is 27.4 Å². The number of nitrogens with zero attached hydrogens (tertiary/aromatic N) is 2. The number of amides is 1. The van der Waals surface area contributed by atoms with Crippen LogP contribution in [0.2, 0.25) is 5.02 Å². The van der Waals surface area contributed by atoms with Crippen LogP contribution in [0.5, 0.6) is 0 Å². The summed E-state index contributed by atoms with van der Waals surface area (Å²) in [6.07, 6.45) is -4.97. The van der Waals surface area contributed by atoms with Crippen molar-refractivity contribution in [3.05, 3.63) is 64.3 Å². The largest absolute Gasteiger partial charge is 0.435 e. The Labute approximate surface area is 160 Å². The number of aromatic nitrogens is 2. The van der Waals surface area contributed by atoms with Gasteiger partial charge in [-0.2, -0.15) is 18.3 Å². The van der Waals surface area contributed by atoms with E-state index in [1.807, 2.05) is 0 Å². The highest BCUT2D eigenvalue weighted by Gasteiger charge is 2.41. The van der Waals surface area contributed by atoms with E-state index in [1.54, 1.807) is 0 Å². The third kappa shape index (κ3) is 3.45. The Morgan fingerprint density at radius 2 is 1.82 bits per heavy atom. The number of aryl methyl sites for hydroxylation is 1. The van der Waals surface area contributed by atoms with Gasteiger partial charge in [0.05, 0.1) is 16.3 Å². The van der Waals surface area contributed by atoms with E-state index in [1.165, 1.54) is 12.1 Å². The Balaban J connectivity index is 2.44. The number of carbonyl (C=O) groups is 1. The van der Waals surface area contributed by atoms with Crippen molar-refractivity contribution >= 4 is 17.5 Å². The number of halogens is 6. The lowest BCUT2D eigenvalue weighted by atomic mass is 9.94. The van der Waals surface area contributed by atoms with Crippen LogP contribution < -0.4 is 5.73 Å². The van der Waals surface area contributed by atoms with Crippen molar-refractivity contribution in [3.8, 4) is 22.4 Å². The minimum Gasteiger partial charge on any atom is -0.365 e. The van der Waals surface area contributed by atoms with E-state index < -0.39 is 35.0 Å². The lowest BCUT2D eigenvalue weighted by Crippen LogP contribution is -2.18. The summed E-state index contributed by atoms with van der Waals surface area (Å²) in [6.45, 7) is 0. The van der Waals surface area contributed by atoms with Gasteiger partial charge in [-0.3, -0.25) is 9.48 Å². The summed E-state index contributed by atoms with van der Waals surface area (Å²) in [5.41, 5.74) is 2.40. The highest BCUT2D eigenvalue weighted by Crippen LogP contribution is 2.43. The summed E-state index contributed by atoms with van der Waals surface area (Å²) in [7, 11) is 1.16. The molecule has 0 radical (unpaired) electrons. The van der Waals surface area contributed by atoms with Crippen molar-refractivity contribution in [3.63, 3.8) is 0 Å². The molecule has 28 heavy (non-hydrogen) atoms. The van der Waals surface area contributed by atoms with Gasteiger partial charge in [-0.25, -0.2) is 8.78 Å². The molecule has 2 aromatic carbocycles. The number of benzene rings is 2. The van der Waals surface area contributed by atoms with Gasteiger partial charge in [0.1, 0.15) is 11.6 Å². The third-order valence-corrected chi connectivity index (χ3v) is 4.29. The summed E-state index contributed by atoms with van der Waals surface area (Å²) >= 11 is 6.12. The summed E-state index contributed by atoms with van der Waals surface area (Å²) < 4.78 is 68.4. The molecule has 0 aliphatic heterocycles. The molecule has 0 saturated heterocycles. The van der Waals surface area contributed by atoms with Crippen LogP contribution in [0.25, 0.3) is 22.4 Å². The minimum absolute atomic E-state index is 0.0243. The van der Waals surface area contributed by atoms with Crippen LogP contribution in [0.3, 0.4) is 0 Å². The molecule has 0 saturated carbocycles. The lowest BCUT2D eigenvalue weighted by Gasteiger charge is -2.14. The highest BCUT2D eigenvalue weighted by molar-refractivity contribution is 6.34. The third-order valence-electron chi connectivity index (χ3n) is 3.99. The average molecular weight is 416 g/mol. The number of nitrogens with two attached hydrogens (primary N) is 1. The number of carbonyl (C=O) groups excluding carboxylic acids is 1. The fourth-order valence-electron chi connectivity index (χ4n) is 2.94. The van der Waals surface area contributed by atoms with Gasteiger partial charge in [0.2, 0.25) is 0 Å². The lowest BCUT2D eigenvalue weighted by molar-refractivity contribution is -0.141. The summed E-state index contributed by atoms with van der Waals surface area (Å²) in [5.74, 6) is -2.84. The second kappa shape index (κ2) is 6.90.